The van der Waals surface area contributed by atoms with Gasteiger partial charge in [0, 0.05) is 29.8 Å². The molecule has 0 unspecified atom stereocenters. The summed E-state index contributed by atoms with van der Waals surface area (Å²) in [5.41, 5.74) is 0.934. The van der Waals surface area contributed by atoms with E-state index in [1.165, 1.54) is 0 Å². The van der Waals surface area contributed by atoms with Crippen molar-refractivity contribution in [2.24, 2.45) is 0 Å². The van der Waals surface area contributed by atoms with Crippen molar-refractivity contribution in [3.8, 4) is 0 Å². The van der Waals surface area contributed by atoms with Gasteiger partial charge in [-0.05, 0) is 12.8 Å². The molecule has 3 heterocycles. The summed E-state index contributed by atoms with van der Waals surface area (Å²) < 4.78 is 0. The molecule has 1 aliphatic rings. The van der Waals surface area contributed by atoms with Crippen molar-refractivity contribution in [2.45, 2.75) is 51.4 Å². The highest BCUT2D eigenvalue weighted by atomic mass is 32.1. The molecule has 0 saturated carbocycles. The molecule has 1 saturated heterocycles. The van der Waals surface area contributed by atoms with Gasteiger partial charge in [0.2, 0.25) is 5.91 Å². The summed E-state index contributed by atoms with van der Waals surface area (Å²) in [4.78, 5) is 23.3. The molecular weight excluding hydrogens is 310 g/mol. The van der Waals surface area contributed by atoms with E-state index >= 15 is 0 Å². The third-order valence-corrected chi connectivity index (χ3v) is 5.51. The van der Waals surface area contributed by atoms with Crippen molar-refractivity contribution in [1.82, 2.24) is 25.1 Å². The number of carbonyl (C=O) groups excluding carboxylic acids is 1. The molecule has 7 heteroatoms. The zero-order valence-corrected chi connectivity index (χ0v) is 14.7. The highest BCUT2D eigenvalue weighted by molar-refractivity contribution is 7.09. The van der Waals surface area contributed by atoms with Gasteiger partial charge in [0.1, 0.15) is 12.2 Å². The molecule has 124 valence electrons. The number of nitrogens with one attached hydrogen (secondary N) is 1. The van der Waals surface area contributed by atoms with Crippen LogP contribution in [-0.4, -0.2) is 44.1 Å². The first kappa shape index (κ1) is 16.1. The molecule has 0 aliphatic carbocycles. The fraction of sp³-hybridized carbons (Fsp3) is 0.625. The summed E-state index contributed by atoms with van der Waals surface area (Å²) in [5, 5.41) is 9.94. The van der Waals surface area contributed by atoms with Crippen LogP contribution < -0.4 is 0 Å². The largest absolute Gasteiger partial charge is 0.342 e. The summed E-state index contributed by atoms with van der Waals surface area (Å²) in [6.45, 7) is 7.99. The van der Waals surface area contributed by atoms with Crippen molar-refractivity contribution in [1.29, 1.82) is 0 Å². The normalized spacial score (nSPS) is 16.7. The average Bonchev–Trinajstić information content (AvgIpc) is 3.18. The number of carbonyl (C=O) groups is 1. The van der Waals surface area contributed by atoms with Crippen LogP contribution >= 0.6 is 11.3 Å². The number of nitrogens with zero attached hydrogens (tertiary/aromatic N) is 4. The number of amides is 1. The number of aromatic amines is 1. The molecule has 0 bridgehead atoms. The number of likely N-dealkylation sites (tertiary alicyclic amines) is 1. The van der Waals surface area contributed by atoms with Crippen molar-refractivity contribution < 1.29 is 4.79 Å². The van der Waals surface area contributed by atoms with E-state index in [-0.39, 0.29) is 11.3 Å². The van der Waals surface area contributed by atoms with E-state index in [1.54, 1.807) is 17.7 Å². The molecule has 1 aliphatic heterocycles. The average molecular weight is 333 g/mol. The summed E-state index contributed by atoms with van der Waals surface area (Å²) >= 11 is 1.64. The minimum absolute atomic E-state index is 0.0430. The first-order valence-corrected chi connectivity index (χ1v) is 8.89. The lowest BCUT2D eigenvalue weighted by Gasteiger charge is -2.30. The zero-order chi connectivity index (χ0) is 16.4. The maximum Gasteiger partial charge on any atom is 0.228 e. The maximum atomic E-state index is 12.5. The number of H-pyrrole nitrogens is 1. The maximum absolute atomic E-state index is 12.5. The van der Waals surface area contributed by atoms with Gasteiger partial charge in [-0.3, -0.25) is 9.89 Å². The standard InChI is InChI=1S/C16H23N5OS/c1-16(2,3)15-19-12(9-23-15)8-13(22)21-6-4-11(5-7-21)14-17-10-18-20-14/h9-11H,4-8H2,1-3H3,(H,17,18,20). The molecule has 3 rings (SSSR count). The van der Waals surface area contributed by atoms with Crippen LogP contribution in [0, 0.1) is 0 Å². The Morgan fingerprint density at radius 2 is 2.13 bits per heavy atom. The highest BCUT2D eigenvalue weighted by Gasteiger charge is 2.26. The molecule has 6 nitrogen and oxygen atoms in total. The Bertz CT molecular complexity index is 650. The first-order chi connectivity index (χ1) is 10.9. The predicted molar refractivity (Wildman–Crippen MR) is 89.5 cm³/mol. The fourth-order valence-corrected chi connectivity index (χ4v) is 3.72. The lowest BCUT2D eigenvalue weighted by atomic mass is 9.96. The number of aromatic nitrogens is 4. The second kappa shape index (κ2) is 6.39. The first-order valence-electron chi connectivity index (χ1n) is 8.01. The molecule has 0 spiro atoms. The van der Waals surface area contributed by atoms with E-state index in [9.17, 15) is 4.79 Å². The monoisotopic (exact) mass is 333 g/mol. The van der Waals surface area contributed by atoms with Gasteiger partial charge in [0.05, 0.1) is 17.1 Å². The van der Waals surface area contributed by atoms with Gasteiger partial charge in [0.25, 0.3) is 0 Å². The molecule has 23 heavy (non-hydrogen) atoms. The van der Waals surface area contributed by atoms with E-state index in [4.69, 9.17) is 0 Å². The van der Waals surface area contributed by atoms with E-state index < -0.39 is 0 Å². The number of hydrogen-bond donors (Lipinski definition) is 1. The van der Waals surface area contributed by atoms with Gasteiger partial charge < -0.3 is 4.90 Å². The topological polar surface area (TPSA) is 74.8 Å². The van der Waals surface area contributed by atoms with Crippen LogP contribution in [0.15, 0.2) is 11.7 Å². The van der Waals surface area contributed by atoms with Gasteiger partial charge in [0.15, 0.2) is 0 Å². The van der Waals surface area contributed by atoms with Crippen LogP contribution in [0.25, 0.3) is 0 Å². The molecule has 1 fully saturated rings. The second-order valence-corrected chi connectivity index (χ2v) is 7.95. The Balaban J connectivity index is 1.54. The molecule has 2 aromatic rings. The lowest BCUT2D eigenvalue weighted by Crippen LogP contribution is -2.39. The number of rotatable bonds is 3. The Morgan fingerprint density at radius 3 is 2.70 bits per heavy atom. The molecule has 0 radical (unpaired) electrons. The van der Waals surface area contributed by atoms with Crippen molar-refractivity contribution in [3.63, 3.8) is 0 Å². The van der Waals surface area contributed by atoms with Gasteiger partial charge in [-0.15, -0.1) is 11.3 Å². The third kappa shape index (κ3) is 3.77. The Kier molecular flexibility index (Phi) is 4.48. The van der Waals surface area contributed by atoms with Gasteiger partial charge >= 0.3 is 0 Å². The van der Waals surface area contributed by atoms with Crippen LogP contribution in [0.4, 0.5) is 0 Å². The van der Waals surface area contributed by atoms with Gasteiger partial charge in [-0.1, -0.05) is 20.8 Å². The molecule has 2 aromatic heterocycles. The number of hydrogen-bond acceptors (Lipinski definition) is 5. The van der Waals surface area contributed by atoms with Crippen LogP contribution in [-0.2, 0) is 16.6 Å². The number of piperidine rings is 1. The van der Waals surface area contributed by atoms with Crippen molar-refractivity contribution in [2.75, 3.05) is 13.1 Å². The van der Waals surface area contributed by atoms with E-state index in [0.717, 1.165) is 42.5 Å². The quantitative estimate of drug-likeness (QED) is 0.936. The minimum atomic E-state index is 0.0430. The van der Waals surface area contributed by atoms with Crippen LogP contribution in [0.1, 0.15) is 56.1 Å². The second-order valence-electron chi connectivity index (χ2n) is 7.10. The Hall–Kier alpha value is -1.76. The zero-order valence-electron chi connectivity index (χ0n) is 13.9. The van der Waals surface area contributed by atoms with Gasteiger partial charge in [-0.2, -0.15) is 5.10 Å². The predicted octanol–water partition coefficient (Wildman–Crippen LogP) is 2.51. The lowest BCUT2D eigenvalue weighted by molar-refractivity contribution is -0.131. The summed E-state index contributed by atoms with van der Waals surface area (Å²) in [6, 6.07) is 0. The SMILES string of the molecule is CC(C)(C)c1nc(CC(=O)N2CCC(c3ncn[nH]3)CC2)cs1. The van der Waals surface area contributed by atoms with Gasteiger partial charge in [-0.25, -0.2) is 9.97 Å². The highest BCUT2D eigenvalue weighted by Crippen LogP contribution is 2.27. The molecular formula is C16H23N5OS. The molecule has 1 N–H and O–H groups in total. The van der Waals surface area contributed by atoms with Crippen LogP contribution in [0.2, 0.25) is 0 Å². The Morgan fingerprint density at radius 1 is 1.39 bits per heavy atom. The molecule has 0 atom stereocenters. The smallest absolute Gasteiger partial charge is 0.228 e. The van der Waals surface area contributed by atoms with E-state index in [1.807, 2.05) is 10.3 Å². The van der Waals surface area contributed by atoms with E-state index in [0.29, 0.717) is 12.3 Å². The van der Waals surface area contributed by atoms with Crippen molar-refractivity contribution >= 4 is 17.2 Å². The minimum Gasteiger partial charge on any atom is -0.342 e. The summed E-state index contributed by atoms with van der Waals surface area (Å²) in [6.07, 6.45) is 3.82. The Labute approximate surface area is 140 Å². The third-order valence-electron chi connectivity index (χ3n) is 4.19. The number of thiazole rings is 1. The van der Waals surface area contributed by atoms with E-state index in [2.05, 4.69) is 40.9 Å². The summed E-state index contributed by atoms with van der Waals surface area (Å²) in [5.74, 6) is 1.49. The molecule has 1 amide bonds. The van der Waals surface area contributed by atoms with Crippen molar-refractivity contribution in [3.05, 3.63) is 28.2 Å². The summed E-state index contributed by atoms with van der Waals surface area (Å²) in [7, 11) is 0. The van der Waals surface area contributed by atoms with Crippen LogP contribution in [0.5, 0.6) is 0 Å². The van der Waals surface area contributed by atoms with Crippen LogP contribution in [0.3, 0.4) is 0 Å². The fourth-order valence-electron chi connectivity index (χ4n) is 2.81. The molecule has 0 aromatic carbocycles.